The first-order valence-corrected chi connectivity index (χ1v) is 7.86. The third-order valence-corrected chi connectivity index (χ3v) is 4.20. The molecule has 110 valence electrons. The van der Waals surface area contributed by atoms with E-state index in [1.807, 2.05) is 6.07 Å². The van der Waals surface area contributed by atoms with Crippen molar-refractivity contribution in [1.82, 2.24) is 4.90 Å². The molecule has 1 saturated heterocycles. The Balaban J connectivity index is 1.59. The zero-order valence-corrected chi connectivity index (χ0v) is 12.4. The summed E-state index contributed by atoms with van der Waals surface area (Å²) in [5.74, 6) is 0. The molecule has 1 aliphatic heterocycles. The lowest BCUT2D eigenvalue weighted by Gasteiger charge is -2.19. The fourth-order valence-electron chi connectivity index (χ4n) is 3.06. The summed E-state index contributed by atoms with van der Waals surface area (Å²) in [5.41, 5.74) is 3.68. The summed E-state index contributed by atoms with van der Waals surface area (Å²) in [6, 6.07) is 19.0. The van der Waals surface area contributed by atoms with E-state index in [4.69, 9.17) is 0 Å². The van der Waals surface area contributed by atoms with Gasteiger partial charge >= 0.3 is 0 Å². The highest BCUT2D eigenvalue weighted by atomic mass is 16.3. The van der Waals surface area contributed by atoms with Crippen LogP contribution in [-0.2, 0) is 6.42 Å². The van der Waals surface area contributed by atoms with Gasteiger partial charge in [0.25, 0.3) is 0 Å². The summed E-state index contributed by atoms with van der Waals surface area (Å²) >= 11 is 0. The summed E-state index contributed by atoms with van der Waals surface area (Å²) in [6.07, 6.45) is 3.04. The van der Waals surface area contributed by atoms with E-state index >= 15 is 0 Å². The molecule has 0 bridgehead atoms. The molecule has 21 heavy (non-hydrogen) atoms. The van der Waals surface area contributed by atoms with Gasteiger partial charge in [-0.1, -0.05) is 54.6 Å². The van der Waals surface area contributed by atoms with Crippen LogP contribution >= 0.6 is 0 Å². The first-order chi connectivity index (χ1) is 10.3. The minimum Gasteiger partial charge on any atom is -0.391 e. The number of likely N-dealkylation sites (tertiary alicyclic amines) is 1. The molecule has 2 heteroatoms. The van der Waals surface area contributed by atoms with E-state index in [1.165, 1.54) is 29.5 Å². The van der Waals surface area contributed by atoms with Gasteiger partial charge in [-0.15, -0.1) is 0 Å². The standard InChI is InChI=1S/C19H23NO/c21-19(15-20-12-4-5-13-20)14-16-8-10-18(11-9-16)17-6-2-1-3-7-17/h1-3,6-11,19,21H,4-5,12-15H2. The Labute approximate surface area is 127 Å². The van der Waals surface area contributed by atoms with E-state index < -0.39 is 0 Å². The summed E-state index contributed by atoms with van der Waals surface area (Å²) in [7, 11) is 0. The Morgan fingerprint density at radius 1 is 0.857 bits per heavy atom. The van der Waals surface area contributed by atoms with Crippen LogP contribution in [0.1, 0.15) is 18.4 Å². The molecule has 1 aliphatic rings. The Morgan fingerprint density at radius 3 is 2.14 bits per heavy atom. The highest BCUT2D eigenvalue weighted by Gasteiger charge is 2.15. The van der Waals surface area contributed by atoms with Gasteiger partial charge < -0.3 is 10.0 Å². The van der Waals surface area contributed by atoms with Crippen molar-refractivity contribution < 1.29 is 5.11 Å². The van der Waals surface area contributed by atoms with E-state index in [2.05, 4.69) is 53.4 Å². The molecule has 1 atom stereocenters. The minimum absolute atomic E-state index is 0.259. The van der Waals surface area contributed by atoms with Crippen molar-refractivity contribution >= 4 is 0 Å². The fraction of sp³-hybridized carbons (Fsp3) is 0.368. The number of rotatable bonds is 5. The average molecular weight is 281 g/mol. The second-order valence-corrected chi connectivity index (χ2v) is 5.93. The van der Waals surface area contributed by atoms with Crippen LogP contribution < -0.4 is 0 Å². The van der Waals surface area contributed by atoms with Crippen molar-refractivity contribution in [2.24, 2.45) is 0 Å². The Hall–Kier alpha value is -1.64. The molecule has 0 amide bonds. The Bertz CT molecular complexity index is 544. The summed E-state index contributed by atoms with van der Waals surface area (Å²) < 4.78 is 0. The number of nitrogens with zero attached hydrogens (tertiary/aromatic N) is 1. The first kappa shape index (κ1) is 14.3. The minimum atomic E-state index is -0.259. The maximum atomic E-state index is 10.2. The molecule has 1 fully saturated rings. The third kappa shape index (κ3) is 3.93. The lowest BCUT2D eigenvalue weighted by Crippen LogP contribution is -2.31. The second kappa shape index (κ2) is 6.88. The summed E-state index contributed by atoms with van der Waals surface area (Å²) in [5, 5.41) is 10.2. The van der Waals surface area contributed by atoms with Crippen molar-refractivity contribution in [3.8, 4) is 11.1 Å². The van der Waals surface area contributed by atoms with Gasteiger partial charge in [-0.25, -0.2) is 0 Å². The van der Waals surface area contributed by atoms with Gasteiger partial charge in [-0.2, -0.15) is 0 Å². The molecular formula is C19H23NO. The molecule has 3 rings (SSSR count). The third-order valence-electron chi connectivity index (χ3n) is 4.20. The Morgan fingerprint density at radius 2 is 1.48 bits per heavy atom. The summed E-state index contributed by atoms with van der Waals surface area (Å²) in [6.45, 7) is 3.09. The van der Waals surface area contributed by atoms with Crippen LogP contribution in [0.3, 0.4) is 0 Å². The molecule has 0 radical (unpaired) electrons. The number of hydrogen-bond donors (Lipinski definition) is 1. The molecule has 0 aliphatic carbocycles. The van der Waals surface area contributed by atoms with Crippen LogP contribution in [0.5, 0.6) is 0 Å². The van der Waals surface area contributed by atoms with Crippen LogP contribution in [0.2, 0.25) is 0 Å². The maximum absolute atomic E-state index is 10.2. The highest BCUT2D eigenvalue weighted by Crippen LogP contribution is 2.20. The van der Waals surface area contributed by atoms with Crippen molar-refractivity contribution in [2.75, 3.05) is 19.6 Å². The number of aliphatic hydroxyl groups excluding tert-OH is 1. The summed E-state index contributed by atoms with van der Waals surface area (Å²) in [4.78, 5) is 2.36. The molecule has 0 saturated carbocycles. The SMILES string of the molecule is OC(Cc1ccc(-c2ccccc2)cc1)CN1CCCC1. The number of β-amino-alcohol motifs (C(OH)–C–C–N with tert-alkyl or cyclic N) is 1. The van der Waals surface area contributed by atoms with Crippen LogP contribution in [0, 0.1) is 0 Å². The van der Waals surface area contributed by atoms with Gasteiger partial charge in [0.15, 0.2) is 0 Å². The zero-order chi connectivity index (χ0) is 14.5. The number of benzene rings is 2. The van der Waals surface area contributed by atoms with E-state index in [1.54, 1.807) is 0 Å². The first-order valence-electron chi connectivity index (χ1n) is 7.86. The van der Waals surface area contributed by atoms with E-state index in [0.717, 1.165) is 26.1 Å². The predicted molar refractivity (Wildman–Crippen MR) is 87.3 cm³/mol. The van der Waals surface area contributed by atoms with Crippen LogP contribution in [0.4, 0.5) is 0 Å². The van der Waals surface area contributed by atoms with Crippen molar-refractivity contribution in [3.05, 3.63) is 60.2 Å². The Kier molecular flexibility index (Phi) is 4.69. The fourth-order valence-corrected chi connectivity index (χ4v) is 3.06. The van der Waals surface area contributed by atoms with Gasteiger partial charge in [0.05, 0.1) is 6.10 Å². The van der Waals surface area contributed by atoms with Gasteiger partial charge in [-0.05, 0) is 49.0 Å². The molecule has 2 aromatic rings. The van der Waals surface area contributed by atoms with Gasteiger partial charge in [0, 0.05) is 6.54 Å². The van der Waals surface area contributed by atoms with Crippen molar-refractivity contribution in [1.29, 1.82) is 0 Å². The lowest BCUT2D eigenvalue weighted by atomic mass is 10.0. The second-order valence-electron chi connectivity index (χ2n) is 5.93. The molecule has 1 heterocycles. The van der Waals surface area contributed by atoms with E-state index in [9.17, 15) is 5.11 Å². The average Bonchev–Trinajstić information content (AvgIpc) is 3.02. The molecule has 2 nitrogen and oxygen atoms in total. The predicted octanol–water partition coefficient (Wildman–Crippen LogP) is 3.35. The smallest absolute Gasteiger partial charge is 0.0707 e. The number of aliphatic hydroxyl groups is 1. The van der Waals surface area contributed by atoms with Crippen molar-refractivity contribution in [2.45, 2.75) is 25.4 Å². The van der Waals surface area contributed by atoms with E-state index in [-0.39, 0.29) is 6.10 Å². The van der Waals surface area contributed by atoms with Crippen LogP contribution in [0.25, 0.3) is 11.1 Å². The molecule has 2 aromatic carbocycles. The quantitative estimate of drug-likeness (QED) is 0.908. The van der Waals surface area contributed by atoms with Gasteiger partial charge in [0.1, 0.15) is 0 Å². The molecular weight excluding hydrogens is 258 g/mol. The normalized spacial score (nSPS) is 17.0. The zero-order valence-electron chi connectivity index (χ0n) is 12.4. The molecule has 0 spiro atoms. The van der Waals surface area contributed by atoms with Gasteiger partial charge in [-0.3, -0.25) is 0 Å². The monoisotopic (exact) mass is 281 g/mol. The largest absolute Gasteiger partial charge is 0.391 e. The molecule has 0 aromatic heterocycles. The highest BCUT2D eigenvalue weighted by molar-refractivity contribution is 5.63. The maximum Gasteiger partial charge on any atom is 0.0707 e. The molecule has 1 unspecified atom stereocenters. The topological polar surface area (TPSA) is 23.5 Å². The number of hydrogen-bond acceptors (Lipinski definition) is 2. The van der Waals surface area contributed by atoms with E-state index in [0.29, 0.717) is 0 Å². The molecule has 1 N–H and O–H groups in total. The van der Waals surface area contributed by atoms with Crippen LogP contribution in [-0.4, -0.2) is 35.7 Å². The van der Waals surface area contributed by atoms with Crippen molar-refractivity contribution in [3.63, 3.8) is 0 Å². The lowest BCUT2D eigenvalue weighted by molar-refractivity contribution is 0.125. The van der Waals surface area contributed by atoms with Crippen LogP contribution in [0.15, 0.2) is 54.6 Å². The van der Waals surface area contributed by atoms with Gasteiger partial charge in [0.2, 0.25) is 0 Å².